The highest BCUT2D eigenvalue weighted by Gasteiger charge is 2.41. The molecule has 0 N–H and O–H groups in total. The van der Waals surface area contributed by atoms with Crippen LogP contribution in [0.15, 0.2) is 23.1 Å². The summed E-state index contributed by atoms with van der Waals surface area (Å²) in [6.45, 7) is 0.583. The van der Waals surface area contributed by atoms with Crippen molar-refractivity contribution in [2.45, 2.75) is 36.6 Å². The fourth-order valence-corrected chi connectivity index (χ4v) is 4.52. The Morgan fingerprint density at radius 2 is 2.00 bits per heavy atom. The summed E-state index contributed by atoms with van der Waals surface area (Å²) >= 11 is 6.04. The fraction of sp³-hybridized carbons (Fsp3) is 0.500. The lowest BCUT2D eigenvalue weighted by molar-refractivity contribution is 0.389. The van der Waals surface area contributed by atoms with Crippen LogP contribution in [-0.4, -0.2) is 25.3 Å². The van der Waals surface area contributed by atoms with Crippen molar-refractivity contribution in [3.63, 3.8) is 0 Å². The van der Waals surface area contributed by atoms with Gasteiger partial charge in [0.15, 0.2) is 0 Å². The molecule has 0 spiro atoms. The molecule has 3 rings (SSSR count). The van der Waals surface area contributed by atoms with E-state index in [1.54, 1.807) is 4.31 Å². The minimum Gasteiger partial charge on any atom is -0.207 e. The number of nitrogens with zero attached hydrogens (tertiary/aromatic N) is 2. The van der Waals surface area contributed by atoms with Gasteiger partial charge in [0.1, 0.15) is 4.90 Å². The molecule has 2 aliphatic carbocycles. The van der Waals surface area contributed by atoms with E-state index in [1.807, 2.05) is 6.07 Å². The van der Waals surface area contributed by atoms with Gasteiger partial charge in [0.2, 0.25) is 10.0 Å². The molecule has 0 aromatic heterocycles. The summed E-state index contributed by atoms with van der Waals surface area (Å²) in [6.07, 6.45) is 4.04. The highest BCUT2D eigenvalue weighted by molar-refractivity contribution is 7.89. The molecule has 20 heavy (non-hydrogen) atoms. The molecule has 2 saturated carbocycles. The summed E-state index contributed by atoms with van der Waals surface area (Å²) in [5.74, 6) is 0.489. The molecule has 1 aromatic carbocycles. The largest absolute Gasteiger partial charge is 0.244 e. The van der Waals surface area contributed by atoms with Crippen molar-refractivity contribution in [2.24, 2.45) is 5.92 Å². The zero-order chi connectivity index (χ0) is 14.3. The van der Waals surface area contributed by atoms with E-state index in [0.29, 0.717) is 18.0 Å². The SMILES string of the molecule is N#Cc1ccc(Cl)c(S(=O)(=O)N(CC2CC2)C2CC2)c1. The van der Waals surface area contributed by atoms with Crippen molar-refractivity contribution in [2.75, 3.05) is 6.54 Å². The van der Waals surface area contributed by atoms with Crippen molar-refractivity contribution in [1.82, 2.24) is 4.31 Å². The summed E-state index contributed by atoms with van der Waals surface area (Å²) in [7, 11) is -3.61. The predicted octanol–water partition coefficient (Wildman–Crippen LogP) is 2.77. The third-order valence-electron chi connectivity index (χ3n) is 3.74. The third-order valence-corrected chi connectivity index (χ3v) is 6.14. The third kappa shape index (κ3) is 2.69. The number of halogens is 1. The Kier molecular flexibility index (Phi) is 3.49. The molecule has 0 bridgehead atoms. The highest BCUT2D eigenvalue weighted by Crippen LogP contribution is 2.39. The van der Waals surface area contributed by atoms with Gasteiger partial charge in [-0.3, -0.25) is 0 Å². The molecule has 0 aliphatic heterocycles. The first-order valence-electron chi connectivity index (χ1n) is 6.74. The van der Waals surface area contributed by atoms with Crippen molar-refractivity contribution >= 4 is 21.6 Å². The fourth-order valence-electron chi connectivity index (χ4n) is 2.26. The molecule has 1 aromatic rings. The molecule has 0 radical (unpaired) electrons. The summed E-state index contributed by atoms with van der Waals surface area (Å²) < 4.78 is 27.2. The molecule has 106 valence electrons. The Labute approximate surface area is 124 Å². The predicted molar refractivity (Wildman–Crippen MR) is 75.8 cm³/mol. The number of sulfonamides is 1. The van der Waals surface area contributed by atoms with Crippen molar-refractivity contribution in [3.05, 3.63) is 28.8 Å². The summed E-state index contributed by atoms with van der Waals surface area (Å²) in [4.78, 5) is 0.0609. The molecule has 6 heteroatoms. The smallest absolute Gasteiger partial charge is 0.207 e. The second-order valence-electron chi connectivity index (χ2n) is 5.51. The molecule has 0 unspecified atom stereocenters. The van der Waals surface area contributed by atoms with Crippen LogP contribution >= 0.6 is 11.6 Å². The number of benzene rings is 1. The standard InChI is InChI=1S/C14H15ClN2O2S/c15-13-6-3-11(8-16)7-14(13)20(18,19)17(12-4-5-12)9-10-1-2-10/h3,6-7,10,12H,1-2,4-5,9H2. The first-order valence-corrected chi connectivity index (χ1v) is 8.55. The van der Waals surface area contributed by atoms with Crippen LogP contribution in [0.4, 0.5) is 0 Å². The van der Waals surface area contributed by atoms with Crippen LogP contribution in [0.25, 0.3) is 0 Å². The van der Waals surface area contributed by atoms with Crippen LogP contribution in [0.3, 0.4) is 0 Å². The maximum atomic E-state index is 12.8. The van der Waals surface area contributed by atoms with E-state index < -0.39 is 10.0 Å². The maximum Gasteiger partial charge on any atom is 0.244 e. The minimum absolute atomic E-state index is 0.0609. The second kappa shape index (κ2) is 5.03. The van der Waals surface area contributed by atoms with Gasteiger partial charge in [-0.15, -0.1) is 0 Å². The lowest BCUT2D eigenvalue weighted by Crippen LogP contribution is -2.35. The van der Waals surface area contributed by atoms with Crippen LogP contribution in [0.5, 0.6) is 0 Å². The number of hydrogen-bond acceptors (Lipinski definition) is 3. The summed E-state index contributed by atoms with van der Waals surface area (Å²) in [5, 5.41) is 9.12. The summed E-state index contributed by atoms with van der Waals surface area (Å²) in [5.41, 5.74) is 0.315. The Morgan fingerprint density at radius 1 is 1.30 bits per heavy atom. The number of rotatable bonds is 5. The Balaban J connectivity index is 1.98. The monoisotopic (exact) mass is 310 g/mol. The van der Waals surface area contributed by atoms with Gasteiger partial charge in [-0.05, 0) is 49.8 Å². The zero-order valence-corrected chi connectivity index (χ0v) is 12.5. The van der Waals surface area contributed by atoms with Gasteiger partial charge in [0.05, 0.1) is 16.7 Å². The van der Waals surface area contributed by atoms with Crippen LogP contribution in [-0.2, 0) is 10.0 Å². The molecule has 0 heterocycles. The minimum atomic E-state index is -3.61. The molecule has 2 aliphatic rings. The average molecular weight is 311 g/mol. The van der Waals surface area contributed by atoms with Crippen LogP contribution < -0.4 is 0 Å². The maximum absolute atomic E-state index is 12.8. The first kappa shape index (κ1) is 13.9. The Morgan fingerprint density at radius 3 is 2.55 bits per heavy atom. The van der Waals surface area contributed by atoms with Crippen molar-refractivity contribution in [1.29, 1.82) is 5.26 Å². The normalized spacial score (nSPS) is 19.1. The number of hydrogen-bond donors (Lipinski definition) is 0. The highest BCUT2D eigenvalue weighted by atomic mass is 35.5. The van der Waals surface area contributed by atoms with E-state index >= 15 is 0 Å². The van der Waals surface area contributed by atoms with E-state index in [4.69, 9.17) is 16.9 Å². The first-order chi connectivity index (χ1) is 9.52. The Hall–Kier alpha value is -1.09. The second-order valence-corrected chi connectivity index (χ2v) is 7.77. The van der Waals surface area contributed by atoms with Crippen molar-refractivity contribution < 1.29 is 8.42 Å². The van der Waals surface area contributed by atoms with Gasteiger partial charge >= 0.3 is 0 Å². The van der Waals surface area contributed by atoms with E-state index in [-0.39, 0.29) is 16.0 Å². The van der Waals surface area contributed by atoms with E-state index in [1.165, 1.54) is 18.2 Å². The molecule has 2 fully saturated rings. The van der Waals surface area contributed by atoms with Gasteiger partial charge in [-0.2, -0.15) is 9.57 Å². The molecule has 4 nitrogen and oxygen atoms in total. The Bertz CT molecular complexity index is 673. The molecular weight excluding hydrogens is 296 g/mol. The van der Waals surface area contributed by atoms with Crippen LogP contribution in [0, 0.1) is 17.2 Å². The van der Waals surface area contributed by atoms with Gasteiger partial charge in [0, 0.05) is 12.6 Å². The van der Waals surface area contributed by atoms with E-state index in [0.717, 1.165) is 25.7 Å². The lowest BCUT2D eigenvalue weighted by Gasteiger charge is -2.22. The quantitative estimate of drug-likeness (QED) is 0.840. The van der Waals surface area contributed by atoms with Crippen LogP contribution in [0.2, 0.25) is 5.02 Å². The lowest BCUT2D eigenvalue weighted by atomic mass is 10.2. The van der Waals surface area contributed by atoms with Gasteiger partial charge < -0.3 is 0 Å². The average Bonchev–Trinajstić information content (AvgIpc) is 3.28. The van der Waals surface area contributed by atoms with Gasteiger partial charge in [0.25, 0.3) is 0 Å². The molecule has 0 amide bonds. The zero-order valence-electron chi connectivity index (χ0n) is 10.9. The van der Waals surface area contributed by atoms with Gasteiger partial charge in [-0.1, -0.05) is 11.6 Å². The van der Waals surface area contributed by atoms with Gasteiger partial charge in [-0.25, -0.2) is 8.42 Å². The molecule has 0 atom stereocenters. The summed E-state index contributed by atoms with van der Waals surface area (Å²) in [6, 6.07) is 6.46. The van der Waals surface area contributed by atoms with Crippen LogP contribution in [0.1, 0.15) is 31.2 Å². The molecular formula is C14H15ClN2O2S. The number of nitriles is 1. The topological polar surface area (TPSA) is 61.2 Å². The van der Waals surface area contributed by atoms with E-state index in [2.05, 4.69) is 0 Å². The van der Waals surface area contributed by atoms with E-state index in [9.17, 15) is 8.42 Å². The van der Waals surface area contributed by atoms with Crippen molar-refractivity contribution in [3.8, 4) is 6.07 Å². The molecule has 0 saturated heterocycles.